The SMILES string of the molecule is C[C@@H]1CCCN(C2CCN(c3ncc(C(=O)NCc4ncc(F)cc4F)s3)CC2F)C1. The van der Waals surface area contributed by atoms with Gasteiger partial charge in [-0.25, -0.2) is 18.2 Å². The van der Waals surface area contributed by atoms with Gasteiger partial charge in [-0.3, -0.25) is 14.7 Å². The second-order valence-electron chi connectivity index (χ2n) is 8.33. The summed E-state index contributed by atoms with van der Waals surface area (Å²) in [6, 6.07) is 0.667. The van der Waals surface area contributed by atoms with Gasteiger partial charge in [-0.1, -0.05) is 18.3 Å². The zero-order valence-corrected chi connectivity index (χ0v) is 18.2. The number of rotatable bonds is 5. The smallest absolute Gasteiger partial charge is 0.263 e. The first kappa shape index (κ1) is 22.0. The van der Waals surface area contributed by atoms with Crippen molar-refractivity contribution < 1.29 is 18.0 Å². The molecule has 2 saturated heterocycles. The summed E-state index contributed by atoms with van der Waals surface area (Å²) in [5.41, 5.74) is -0.0473. The molecule has 0 saturated carbocycles. The molecule has 0 bridgehead atoms. The molecule has 4 heterocycles. The lowest BCUT2D eigenvalue weighted by atomic mass is 9.94. The third kappa shape index (κ3) is 5.17. The molecule has 2 aromatic heterocycles. The standard InChI is InChI=1S/C21H26F3N5OS/c1-13-3-2-5-28(11-13)18-4-6-29(12-16(18)24)21-27-10-19(31-21)20(30)26-9-17-15(23)7-14(22)8-25-17/h7-8,10,13,16,18H,2-6,9,11-12H2,1H3,(H,26,30)/t13-,16?,18?/m1/s1. The first-order valence-corrected chi connectivity index (χ1v) is 11.4. The number of halogens is 3. The van der Waals surface area contributed by atoms with Gasteiger partial charge in [0.15, 0.2) is 5.13 Å². The number of pyridine rings is 1. The molecule has 2 unspecified atom stereocenters. The minimum atomic E-state index is -0.965. The Morgan fingerprint density at radius 3 is 2.81 bits per heavy atom. The van der Waals surface area contributed by atoms with Crippen molar-refractivity contribution in [2.75, 3.05) is 31.1 Å². The fourth-order valence-electron chi connectivity index (χ4n) is 4.34. The summed E-state index contributed by atoms with van der Waals surface area (Å²) in [5.74, 6) is -1.41. The maximum atomic E-state index is 15.0. The monoisotopic (exact) mass is 453 g/mol. The summed E-state index contributed by atoms with van der Waals surface area (Å²) in [6.45, 7) is 4.92. The predicted octanol–water partition coefficient (Wildman–Crippen LogP) is 3.40. The normalized spacial score (nSPS) is 24.9. The highest BCUT2D eigenvalue weighted by atomic mass is 32.1. The number of nitrogens with one attached hydrogen (secondary N) is 1. The number of carbonyl (C=O) groups is 1. The van der Waals surface area contributed by atoms with Crippen LogP contribution < -0.4 is 10.2 Å². The molecule has 2 aliphatic heterocycles. The molecule has 31 heavy (non-hydrogen) atoms. The molecule has 2 aromatic rings. The lowest BCUT2D eigenvalue weighted by Gasteiger charge is -2.43. The van der Waals surface area contributed by atoms with Crippen LogP contribution in [0, 0.1) is 17.6 Å². The zero-order valence-electron chi connectivity index (χ0n) is 17.4. The number of hydrogen-bond donors (Lipinski definition) is 1. The summed E-state index contributed by atoms with van der Waals surface area (Å²) in [7, 11) is 0. The lowest BCUT2D eigenvalue weighted by molar-refractivity contribution is 0.0596. The molecule has 1 N–H and O–H groups in total. The van der Waals surface area contributed by atoms with Crippen LogP contribution in [0.2, 0.25) is 0 Å². The van der Waals surface area contributed by atoms with Crippen molar-refractivity contribution in [3.63, 3.8) is 0 Å². The van der Waals surface area contributed by atoms with Crippen molar-refractivity contribution in [1.82, 2.24) is 20.2 Å². The summed E-state index contributed by atoms with van der Waals surface area (Å²) >= 11 is 1.18. The van der Waals surface area contributed by atoms with Crippen LogP contribution in [-0.4, -0.2) is 59.2 Å². The third-order valence-electron chi connectivity index (χ3n) is 5.95. The number of hydrogen-bond acceptors (Lipinski definition) is 6. The van der Waals surface area contributed by atoms with Crippen LogP contribution in [0.5, 0.6) is 0 Å². The van der Waals surface area contributed by atoms with Gasteiger partial charge in [0.05, 0.1) is 31.2 Å². The third-order valence-corrected chi connectivity index (χ3v) is 7.01. The average molecular weight is 454 g/mol. The number of thiazole rings is 1. The van der Waals surface area contributed by atoms with E-state index < -0.39 is 23.7 Å². The highest BCUT2D eigenvalue weighted by Gasteiger charge is 2.36. The predicted molar refractivity (Wildman–Crippen MR) is 113 cm³/mol. The van der Waals surface area contributed by atoms with Gasteiger partial charge in [-0.15, -0.1) is 0 Å². The van der Waals surface area contributed by atoms with Crippen molar-refractivity contribution in [3.05, 3.63) is 40.7 Å². The van der Waals surface area contributed by atoms with E-state index >= 15 is 0 Å². The van der Waals surface area contributed by atoms with Gasteiger partial charge in [0.25, 0.3) is 5.91 Å². The highest BCUT2D eigenvalue weighted by Crippen LogP contribution is 2.30. The first-order chi connectivity index (χ1) is 14.9. The Labute approximate surface area is 183 Å². The Bertz CT molecular complexity index is 926. The Balaban J connectivity index is 1.32. The molecule has 168 valence electrons. The van der Waals surface area contributed by atoms with Gasteiger partial charge in [-0.2, -0.15) is 0 Å². The summed E-state index contributed by atoms with van der Waals surface area (Å²) in [6.07, 6.45) is 4.43. The largest absolute Gasteiger partial charge is 0.346 e. The van der Waals surface area contributed by atoms with Gasteiger partial charge >= 0.3 is 0 Å². The van der Waals surface area contributed by atoms with Gasteiger partial charge < -0.3 is 10.2 Å². The van der Waals surface area contributed by atoms with E-state index in [-0.39, 0.29) is 24.8 Å². The van der Waals surface area contributed by atoms with Crippen molar-refractivity contribution in [2.45, 2.75) is 44.9 Å². The fourth-order valence-corrected chi connectivity index (χ4v) is 5.21. The Kier molecular flexibility index (Phi) is 6.76. The van der Waals surface area contributed by atoms with E-state index in [1.807, 2.05) is 4.90 Å². The van der Waals surface area contributed by atoms with Crippen molar-refractivity contribution in [3.8, 4) is 0 Å². The van der Waals surface area contributed by atoms with E-state index in [4.69, 9.17) is 0 Å². The van der Waals surface area contributed by atoms with Crippen LogP contribution in [0.15, 0.2) is 18.5 Å². The van der Waals surface area contributed by atoms with Crippen molar-refractivity contribution in [2.24, 2.45) is 5.92 Å². The molecule has 4 rings (SSSR count). The first-order valence-electron chi connectivity index (χ1n) is 10.6. The van der Waals surface area contributed by atoms with E-state index in [9.17, 15) is 18.0 Å². The molecule has 0 aromatic carbocycles. The number of anilines is 1. The van der Waals surface area contributed by atoms with E-state index in [2.05, 4.69) is 27.1 Å². The van der Waals surface area contributed by atoms with Crippen LogP contribution in [0.4, 0.5) is 18.3 Å². The molecule has 3 atom stereocenters. The number of likely N-dealkylation sites (tertiary alicyclic amines) is 1. The molecular formula is C21H26F3N5OS. The average Bonchev–Trinajstić information content (AvgIpc) is 3.23. The van der Waals surface area contributed by atoms with Crippen LogP contribution in [0.3, 0.4) is 0 Å². The second kappa shape index (κ2) is 9.52. The van der Waals surface area contributed by atoms with E-state index in [0.717, 1.165) is 38.2 Å². The molecule has 1 amide bonds. The highest BCUT2D eigenvalue weighted by molar-refractivity contribution is 7.17. The fraction of sp³-hybridized carbons (Fsp3) is 0.571. The Morgan fingerprint density at radius 2 is 2.06 bits per heavy atom. The number of amides is 1. The second-order valence-corrected chi connectivity index (χ2v) is 9.34. The molecular weight excluding hydrogens is 427 g/mol. The Morgan fingerprint density at radius 1 is 1.23 bits per heavy atom. The summed E-state index contributed by atoms with van der Waals surface area (Å²) in [4.78, 5) is 24.8. The van der Waals surface area contributed by atoms with E-state index in [1.54, 1.807) is 0 Å². The minimum Gasteiger partial charge on any atom is -0.346 e. The maximum absolute atomic E-state index is 15.0. The Hall–Kier alpha value is -2.20. The van der Waals surface area contributed by atoms with Crippen LogP contribution >= 0.6 is 11.3 Å². The van der Waals surface area contributed by atoms with Crippen LogP contribution in [0.25, 0.3) is 0 Å². The lowest BCUT2D eigenvalue weighted by Crippen LogP contribution is -2.54. The van der Waals surface area contributed by atoms with Gasteiger partial charge in [0.1, 0.15) is 22.7 Å². The quantitative estimate of drug-likeness (QED) is 0.752. The zero-order chi connectivity index (χ0) is 22.0. The maximum Gasteiger partial charge on any atom is 0.263 e. The topological polar surface area (TPSA) is 61.4 Å². The van der Waals surface area contributed by atoms with Crippen LogP contribution in [-0.2, 0) is 6.54 Å². The van der Waals surface area contributed by atoms with Gasteiger partial charge in [-0.05, 0) is 31.7 Å². The molecule has 0 radical (unpaired) electrons. The van der Waals surface area contributed by atoms with Gasteiger partial charge in [0, 0.05) is 25.2 Å². The number of aromatic nitrogens is 2. The van der Waals surface area contributed by atoms with E-state index in [0.29, 0.717) is 22.5 Å². The molecule has 2 aliphatic rings. The van der Waals surface area contributed by atoms with Gasteiger partial charge in [0.2, 0.25) is 0 Å². The van der Waals surface area contributed by atoms with E-state index in [1.165, 1.54) is 24.0 Å². The van der Waals surface area contributed by atoms with Crippen LogP contribution in [0.1, 0.15) is 41.6 Å². The summed E-state index contributed by atoms with van der Waals surface area (Å²) < 4.78 is 41.6. The molecule has 6 nitrogen and oxygen atoms in total. The summed E-state index contributed by atoms with van der Waals surface area (Å²) in [5, 5.41) is 3.16. The number of carbonyl (C=O) groups excluding carboxylic acids is 1. The molecule has 2 fully saturated rings. The molecule has 10 heteroatoms. The number of nitrogens with zero attached hydrogens (tertiary/aromatic N) is 4. The van der Waals surface area contributed by atoms with Crippen molar-refractivity contribution >= 4 is 22.4 Å². The number of piperidine rings is 2. The van der Waals surface area contributed by atoms with Crippen molar-refractivity contribution in [1.29, 1.82) is 0 Å². The number of alkyl halides is 1. The minimum absolute atomic E-state index is 0.0473. The molecule has 0 spiro atoms. The molecule has 0 aliphatic carbocycles.